The molecule has 8 aromatic carbocycles. The fraction of sp³-hybridized carbons (Fsp3) is 0. The number of aromatic nitrogens is 2. The summed E-state index contributed by atoms with van der Waals surface area (Å²) < 4.78 is 2.59. The molecule has 0 amide bonds. The number of hydrogen-bond acceptors (Lipinski definition) is 3. The molecule has 2 aromatic heterocycles. The van der Waals surface area contributed by atoms with Gasteiger partial charge in [-0.05, 0) is 80.6 Å². The third-order valence-corrected chi connectivity index (χ3v) is 11.3. The second kappa shape index (κ2) is 13.1. The van der Waals surface area contributed by atoms with Gasteiger partial charge in [-0.25, -0.2) is 9.97 Å². The molecule has 0 N–H and O–H groups in total. The predicted molar refractivity (Wildman–Crippen MR) is 225 cm³/mol. The molecule has 248 valence electrons. The minimum absolute atomic E-state index is 0.699. The van der Waals surface area contributed by atoms with Crippen LogP contribution in [0.5, 0.6) is 0 Å². The summed E-state index contributed by atoms with van der Waals surface area (Å²) in [5.74, 6) is 0.699. The first-order valence-corrected chi connectivity index (χ1v) is 18.7. The van der Waals surface area contributed by atoms with Crippen LogP contribution in [0.15, 0.2) is 194 Å². The van der Waals surface area contributed by atoms with E-state index in [9.17, 15) is 0 Å². The molecule has 0 aliphatic carbocycles. The predicted octanol–water partition coefficient (Wildman–Crippen LogP) is 14.0. The van der Waals surface area contributed by atoms with Crippen molar-refractivity contribution in [1.29, 1.82) is 0 Å². The summed E-state index contributed by atoms with van der Waals surface area (Å²) in [5, 5.41) is 5.03. The maximum atomic E-state index is 5.31. The summed E-state index contributed by atoms with van der Waals surface area (Å²) in [6.07, 6.45) is 0. The molecule has 0 spiro atoms. The maximum Gasteiger partial charge on any atom is 0.160 e. The van der Waals surface area contributed by atoms with E-state index >= 15 is 0 Å². The third kappa shape index (κ3) is 5.78. The molecule has 0 unspecified atom stereocenters. The van der Waals surface area contributed by atoms with Crippen LogP contribution >= 0.6 is 11.3 Å². The van der Waals surface area contributed by atoms with E-state index in [4.69, 9.17) is 9.97 Å². The van der Waals surface area contributed by atoms with Crippen molar-refractivity contribution in [3.8, 4) is 67.3 Å². The van der Waals surface area contributed by atoms with E-state index in [1.807, 2.05) is 29.5 Å². The molecule has 10 aromatic rings. The van der Waals surface area contributed by atoms with Gasteiger partial charge in [-0.2, -0.15) is 0 Å². The molecule has 2 nitrogen and oxygen atoms in total. The Labute approximate surface area is 312 Å². The molecule has 0 aliphatic heterocycles. The van der Waals surface area contributed by atoms with Crippen LogP contribution < -0.4 is 0 Å². The van der Waals surface area contributed by atoms with Gasteiger partial charge in [0.05, 0.1) is 11.4 Å². The van der Waals surface area contributed by atoms with Gasteiger partial charge >= 0.3 is 0 Å². The second-order valence-corrected chi connectivity index (χ2v) is 14.4. The van der Waals surface area contributed by atoms with E-state index in [2.05, 4.69) is 176 Å². The standard InChI is InChI=1S/C50H32N2S/c1-3-15-34(16-4-1)41-20-9-10-21-43(41)47-32-46(51-50(52-47)35-17-5-2-6-18-35)40-30-38(37-27-26-33-14-7-8-19-36(33)28-37)29-39(31-40)42-23-13-24-45-44-22-11-12-25-48(44)53-49(42)45/h1-32H. The fourth-order valence-electron chi connectivity index (χ4n) is 7.47. The summed E-state index contributed by atoms with van der Waals surface area (Å²) in [4.78, 5) is 10.5. The van der Waals surface area contributed by atoms with Gasteiger partial charge < -0.3 is 0 Å². The van der Waals surface area contributed by atoms with Crippen molar-refractivity contribution < 1.29 is 0 Å². The molecule has 3 heteroatoms. The van der Waals surface area contributed by atoms with Gasteiger partial charge in [0.15, 0.2) is 5.82 Å². The normalized spacial score (nSPS) is 11.4. The molecule has 0 bridgehead atoms. The fourth-order valence-corrected chi connectivity index (χ4v) is 8.70. The highest BCUT2D eigenvalue weighted by molar-refractivity contribution is 7.26. The molecule has 0 aliphatic rings. The van der Waals surface area contributed by atoms with Crippen LogP contribution in [0.1, 0.15) is 0 Å². The Balaban J connectivity index is 1.23. The van der Waals surface area contributed by atoms with Gasteiger partial charge in [-0.3, -0.25) is 0 Å². The minimum atomic E-state index is 0.699. The molecule has 0 saturated carbocycles. The summed E-state index contributed by atoms with van der Waals surface area (Å²) in [5.41, 5.74) is 11.8. The lowest BCUT2D eigenvalue weighted by Gasteiger charge is -2.15. The highest BCUT2D eigenvalue weighted by atomic mass is 32.1. The third-order valence-electron chi connectivity index (χ3n) is 10.1. The van der Waals surface area contributed by atoms with Crippen molar-refractivity contribution in [1.82, 2.24) is 9.97 Å². The number of benzene rings is 8. The first kappa shape index (κ1) is 31.1. The van der Waals surface area contributed by atoms with Crippen molar-refractivity contribution >= 4 is 42.3 Å². The molecule has 2 heterocycles. The van der Waals surface area contributed by atoms with Crippen LogP contribution in [0.3, 0.4) is 0 Å². The first-order valence-electron chi connectivity index (χ1n) is 17.9. The van der Waals surface area contributed by atoms with Crippen molar-refractivity contribution in [2.24, 2.45) is 0 Å². The van der Waals surface area contributed by atoms with Crippen LogP contribution in [-0.2, 0) is 0 Å². The monoisotopic (exact) mass is 692 g/mol. The van der Waals surface area contributed by atoms with Crippen LogP contribution in [0, 0.1) is 0 Å². The number of hydrogen-bond donors (Lipinski definition) is 0. The van der Waals surface area contributed by atoms with Crippen LogP contribution in [-0.4, -0.2) is 9.97 Å². The van der Waals surface area contributed by atoms with E-state index in [1.54, 1.807) is 0 Å². The summed E-state index contributed by atoms with van der Waals surface area (Å²) >= 11 is 1.86. The first-order chi connectivity index (χ1) is 26.2. The largest absolute Gasteiger partial charge is 0.228 e. The zero-order chi connectivity index (χ0) is 35.1. The number of nitrogens with zero attached hydrogens (tertiary/aromatic N) is 2. The maximum absolute atomic E-state index is 5.31. The molecule has 0 fully saturated rings. The lowest BCUT2D eigenvalue weighted by Crippen LogP contribution is -1.97. The number of fused-ring (bicyclic) bond motifs is 4. The van der Waals surface area contributed by atoms with Gasteiger partial charge in [0, 0.05) is 36.9 Å². The Bertz CT molecular complexity index is 2950. The second-order valence-electron chi connectivity index (χ2n) is 13.4. The van der Waals surface area contributed by atoms with Gasteiger partial charge in [0.1, 0.15) is 0 Å². The van der Waals surface area contributed by atoms with Crippen molar-refractivity contribution in [3.63, 3.8) is 0 Å². The Morgan fingerprint density at radius 2 is 0.943 bits per heavy atom. The Hall–Kier alpha value is -6.68. The highest BCUT2D eigenvalue weighted by Gasteiger charge is 2.17. The lowest BCUT2D eigenvalue weighted by atomic mass is 9.92. The topological polar surface area (TPSA) is 25.8 Å². The van der Waals surface area contributed by atoms with Crippen LogP contribution in [0.4, 0.5) is 0 Å². The minimum Gasteiger partial charge on any atom is -0.228 e. The van der Waals surface area contributed by atoms with Gasteiger partial charge in [0.2, 0.25) is 0 Å². The molecule has 53 heavy (non-hydrogen) atoms. The molecule has 0 atom stereocenters. The van der Waals surface area contributed by atoms with E-state index in [0.29, 0.717) is 5.82 Å². The zero-order valence-corrected chi connectivity index (χ0v) is 29.6. The van der Waals surface area contributed by atoms with E-state index < -0.39 is 0 Å². The van der Waals surface area contributed by atoms with Crippen molar-refractivity contribution in [3.05, 3.63) is 194 Å². The van der Waals surface area contributed by atoms with Gasteiger partial charge in [0.25, 0.3) is 0 Å². The molecule has 0 radical (unpaired) electrons. The molecule has 0 saturated heterocycles. The average Bonchev–Trinajstić information content (AvgIpc) is 3.63. The molecule has 10 rings (SSSR count). The van der Waals surface area contributed by atoms with E-state index in [0.717, 1.165) is 50.3 Å². The number of rotatable bonds is 6. The summed E-state index contributed by atoms with van der Waals surface area (Å²) in [6.45, 7) is 0. The highest BCUT2D eigenvalue weighted by Crippen LogP contribution is 2.43. The molecular formula is C50H32N2S. The summed E-state index contributed by atoms with van der Waals surface area (Å²) in [6, 6.07) is 69.3. The molecular weight excluding hydrogens is 661 g/mol. The van der Waals surface area contributed by atoms with E-state index in [1.165, 1.54) is 42.1 Å². The van der Waals surface area contributed by atoms with Crippen molar-refractivity contribution in [2.45, 2.75) is 0 Å². The zero-order valence-electron chi connectivity index (χ0n) is 28.8. The van der Waals surface area contributed by atoms with Gasteiger partial charge in [-0.15, -0.1) is 11.3 Å². The van der Waals surface area contributed by atoms with Gasteiger partial charge in [-0.1, -0.05) is 158 Å². The number of thiophene rings is 1. The Morgan fingerprint density at radius 3 is 1.79 bits per heavy atom. The summed E-state index contributed by atoms with van der Waals surface area (Å²) in [7, 11) is 0. The van der Waals surface area contributed by atoms with Crippen molar-refractivity contribution in [2.75, 3.05) is 0 Å². The Morgan fingerprint density at radius 1 is 0.321 bits per heavy atom. The van der Waals surface area contributed by atoms with Crippen LogP contribution in [0.25, 0.3) is 98.2 Å². The quantitative estimate of drug-likeness (QED) is 0.173. The van der Waals surface area contributed by atoms with E-state index in [-0.39, 0.29) is 0 Å². The lowest BCUT2D eigenvalue weighted by molar-refractivity contribution is 1.18. The smallest absolute Gasteiger partial charge is 0.160 e. The van der Waals surface area contributed by atoms with Crippen LogP contribution in [0.2, 0.25) is 0 Å². The SMILES string of the molecule is c1ccc(-c2nc(-c3cc(-c4ccc5ccccc5c4)cc(-c4cccc5c4sc4ccccc45)c3)cc(-c3ccccc3-c3ccccc3)n2)cc1. The Kier molecular flexibility index (Phi) is 7.71. The average molecular weight is 693 g/mol.